The Kier molecular flexibility index (Phi) is 3.57. The van der Waals surface area contributed by atoms with Gasteiger partial charge < -0.3 is 10.6 Å². The highest BCUT2D eigenvalue weighted by molar-refractivity contribution is 7.80. The summed E-state index contributed by atoms with van der Waals surface area (Å²) >= 11 is 5.31. The van der Waals surface area contributed by atoms with Gasteiger partial charge in [0.05, 0.1) is 0 Å². The highest BCUT2D eigenvalue weighted by atomic mass is 32.1. The Labute approximate surface area is 115 Å². The number of rotatable bonds is 4. The van der Waals surface area contributed by atoms with Crippen LogP contribution in [-0.4, -0.2) is 41.7 Å². The summed E-state index contributed by atoms with van der Waals surface area (Å²) in [7, 11) is 0. The van der Waals surface area contributed by atoms with Crippen molar-refractivity contribution in [3.63, 3.8) is 0 Å². The molecular weight excluding hydrogens is 242 g/mol. The molecule has 18 heavy (non-hydrogen) atoms. The normalized spacial score (nSPS) is 38.2. The summed E-state index contributed by atoms with van der Waals surface area (Å²) in [5.74, 6) is 1.57. The molecule has 4 fully saturated rings. The van der Waals surface area contributed by atoms with E-state index >= 15 is 0 Å². The SMILES string of the molecule is C=CC1CN2CCC1CC2CNC(=S)NC1CC1. The van der Waals surface area contributed by atoms with E-state index in [2.05, 4.69) is 28.2 Å². The molecule has 4 aliphatic rings. The monoisotopic (exact) mass is 265 g/mol. The number of fused-ring (bicyclic) bond motifs is 3. The number of hydrogen-bond acceptors (Lipinski definition) is 2. The van der Waals surface area contributed by atoms with Crippen LogP contribution >= 0.6 is 12.2 Å². The lowest BCUT2D eigenvalue weighted by atomic mass is 9.76. The maximum absolute atomic E-state index is 5.31. The molecule has 2 N–H and O–H groups in total. The zero-order valence-electron chi connectivity index (χ0n) is 10.9. The zero-order valence-corrected chi connectivity index (χ0v) is 11.7. The third-order valence-corrected chi connectivity index (χ3v) is 4.90. The van der Waals surface area contributed by atoms with Crippen LogP contribution in [0.4, 0.5) is 0 Å². The van der Waals surface area contributed by atoms with E-state index in [0.717, 1.165) is 17.6 Å². The van der Waals surface area contributed by atoms with Crippen LogP contribution in [0, 0.1) is 11.8 Å². The third-order valence-electron chi connectivity index (χ3n) is 4.64. The molecule has 4 heteroatoms. The topological polar surface area (TPSA) is 27.3 Å². The quantitative estimate of drug-likeness (QED) is 0.595. The first-order valence-electron chi connectivity index (χ1n) is 7.17. The second-order valence-corrected chi connectivity index (χ2v) is 6.37. The first-order chi connectivity index (χ1) is 8.76. The van der Waals surface area contributed by atoms with Crippen LogP contribution in [0.3, 0.4) is 0 Å². The summed E-state index contributed by atoms with van der Waals surface area (Å²) in [5, 5.41) is 7.58. The molecule has 1 aliphatic carbocycles. The first kappa shape index (κ1) is 12.4. The van der Waals surface area contributed by atoms with E-state index in [1.54, 1.807) is 0 Å². The number of nitrogens with one attached hydrogen (secondary N) is 2. The Morgan fingerprint density at radius 3 is 2.83 bits per heavy atom. The maximum Gasteiger partial charge on any atom is 0.166 e. The summed E-state index contributed by atoms with van der Waals surface area (Å²) in [6, 6.07) is 1.32. The number of piperidine rings is 3. The van der Waals surface area contributed by atoms with E-state index in [4.69, 9.17) is 12.2 Å². The first-order valence-corrected chi connectivity index (χ1v) is 7.58. The van der Waals surface area contributed by atoms with E-state index in [9.17, 15) is 0 Å². The second kappa shape index (κ2) is 5.17. The Balaban J connectivity index is 1.46. The minimum atomic E-state index is 0.651. The summed E-state index contributed by atoms with van der Waals surface area (Å²) in [5.41, 5.74) is 0. The molecule has 3 saturated heterocycles. The smallest absolute Gasteiger partial charge is 0.166 e. The average molecular weight is 265 g/mol. The molecule has 100 valence electrons. The predicted molar refractivity (Wildman–Crippen MR) is 78.5 cm³/mol. The number of nitrogens with zero attached hydrogens (tertiary/aromatic N) is 1. The van der Waals surface area contributed by atoms with Crippen molar-refractivity contribution in [2.45, 2.75) is 37.8 Å². The van der Waals surface area contributed by atoms with E-state index in [0.29, 0.717) is 18.0 Å². The Morgan fingerprint density at radius 1 is 1.39 bits per heavy atom. The standard InChI is InChI=1S/C14H23N3S/c1-2-10-9-17-6-5-11(10)7-13(17)8-15-14(18)16-12-3-4-12/h2,10-13H,1,3-9H2,(H2,15,16,18). The molecule has 0 aromatic carbocycles. The minimum absolute atomic E-state index is 0.651. The van der Waals surface area contributed by atoms with Gasteiger partial charge in [0.15, 0.2) is 5.11 Å². The molecule has 0 amide bonds. The van der Waals surface area contributed by atoms with Crippen LogP contribution in [0.2, 0.25) is 0 Å². The fourth-order valence-electron chi connectivity index (χ4n) is 3.33. The molecule has 3 aliphatic heterocycles. The van der Waals surface area contributed by atoms with E-state index in [-0.39, 0.29) is 0 Å². The van der Waals surface area contributed by atoms with Gasteiger partial charge in [-0.25, -0.2) is 0 Å². The largest absolute Gasteiger partial charge is 0.361 e. The van der Waals surface area contributed by atoms with Crippen molar-refractivity contribution < 1.29 is 0 Å². The van der Waals surface area contributed by atoms with Crippen LogP contribution in [0.25, 0.3) is 0 Å². The molecule has 3 heterocycles. The Hall–Kier alpha value is -0.610. The lowest BCUT2D eigenvalue weighted by Gasteiger charge is -2.49. The molecule has 4 rings (SSSR count). The molecule has 4 atom stereocenters. The second-order valence-electron chi connectivity index (χ2n) is 5.96. The van der Waals surface area contributed by atoms with Crippen LogP contribution in [-0.2, 0) is 0 Å². The molecule has 0 aromatic rings. The highest BCUT2D eigenvalue weighted by Gasteiger charge is 2.38. The lowest BCUT2D eigenvalue weighted by molar-refractivity contribution is 0.0215. The van der Waals surface area contributed by atoms with Crippen LogP contribution in [0.15, 0.2) is 12.7 Å². The van der Waals surface area contributed by atoms with Crippen molar-refractivity contribution in [3.05, 3.63) is 12.7 Å². The van der Waals surface area contributed by atoms with E-state index in [1.165, 1.54) is 38.8 Å². The molecule has 2 bridgehead atoms. The molecular formula is C14H23N3S. The molecule has 0 aromatic heterocycles. The van der Waals surface area contributed by atoms with Gasteiger partial charge in [-0.05, 0) is 56.3 Å². The van der Waals surface area contributed by atoms with E-state index < -0.39 is 0 Å². The van der Waals surface area contributed by atoms with Gasteiger partial charge in [-0.15, -0.1) is 6.58 Å². The average Bonchev–Trinajstić information content (AvgIpc) is 3.21. The highest BCUT2D eigenvalue weighted by Crippen LogP contribution is 2.36. The predicted octanol–water partition coefficient (Wildman–Crippen LogP) is 1.51. The van der Waals surface area contributed by atoms with Gasteiger partial charge in [0.25, 0.3) is 0 Å². The van der Waals surface area contributed by atoms with Crippen molar-refractivity contribution in [1.82, 2.24) is 15.5 Å². The van der Waals surface area contributed by atoms with Gasteiger partial charge in [0, 0.05) is 25.2 Å². The summed E-state index contributed by atoms with van der Waals surface area (Å²) in [6.07, 6.45) is 7.36. The van der Waals surface area contributed by atoms with Crippen molar-refractivity contribution >= 4 is 17.3 Å². The molecule has 4 unspecified atom stereocenters. The summed E-state index contributed by atoms with van der Waals surface area (Å²) < 4.78 is 0. The van der Waals surface area contributed by atoms with Crippen LogP contribution in [0.5, 0.6) is 0 Å². The molecule has 0 radical (unpaired) electrons. The Bertz CT molecular complexity index is 340. The van der Waals surface area contributed by atoms with Gasteiger partial charge in [-0.2, -0.15) is 0 Å². The van der Waals surface area contributed by atoms with Crippen molar-refractivity contribution in [3.8, 4) is 0 Å². The van der Waals surface area contributed by atoms with Crippen molar-refractivity contribution in [2.75, 3.05) is 19.6 Å². The van der Waals surface area contributed by atoms with Crippen molar-refractivity contribution in [2.24, 2.45) is 11.8 Å². The van der Waals surface area contributed by atoms with E-state index in [1.807, 2.05) is 0 Å². The molecule has 1 saturated carbocycles. The minimum Gasteiger partial charge on any atom is -0.361 e. The number of hydrogen-bond donors (Lipinski definition) is 2. The van der Waals surface area contributed by atoms with Gasteiger partial charge in [-0.3, -0.25) is 4.90 Å². The Morgan fingerprint density at radius 2 is 2.22 bits per heavy atom. The summed E-state index contributed by atoms with van der Waals surface area (Å²) in [6.45, 7) is 7.42. The van der Waals surface area contributed by atoms with Gasteiger partial charge in [0.1, 0.15) is 0 Å². The molecule has 3 nitrogen and oxygen atoms in total. The number of thiocarbonyl (C=S) groups is 1. The van der Waals surface area contributed by atoms with Gasteiger partial charge in [0.2, 0.25) is 0 Å². The third kappa shape index (κ3) is 2.69. The van der Waals surface area contributed by atoms with Gasteiger partial charge in [-0.1, -0.05) is 6.08 Å². The fourth-order valence-corrected chi connectivity index (χ4v) is 3.58. The molecule has 0 spiro atoms. The zero-order chi connectivity index (χ0) is 12.5. The summed E-state index contributed by atoms with van der Waals surface area (Å²) in [4.78, 5) is 2.61. The van der Waals surface area contributed by atoms with Crippen molar-refractivity contribution in [1.29, 1.82) is 0 Å². The van der Waals surface area contributed by atoms with Crippen LogP contribution in [0.1, 0.15) is 25.7 Å². The maximum atomic E-state index is 5.31. The van der Waals surface area contributed by atoms with Crippen LogP contribution < -0.4 is 10.6 Å². The fraction of sp³-hybridized carbons (Fsp3) is 0.786. The lowest BCUT2D eigenvalue weighted by Crippen LogP contribution is -2.57. The van der Waals surface area contributed by atoms with Gasteiger partial charge >= 0.3 is 0 Å².